The maximum absolute atomic E-state index is 11.5. The van der Waals surface area contributed by atoms with Gasteiger partial charge >= 0.3 is 0 Å². The van der Waals surface area contributed by atoms with E-state index in [1.807, 2.05) is 0 Å². The lowest BCUT2D eigenvalue weighted by Crippen LogP contribution is -2.43. The fraction of sp³-hybridized carbons (Fsp3) is 1.00. The van der Waals surface area contributed by atoms with E-state index in [2.05, 4.69) is 17.3 Å². The number of hydrogen-bond acceptors (Lipinski definition) is 4. The molecular weight excluding hydrogens is 262 g/mol. The van der Waals surface area contributed by atoms with Gasteiger partial charge in [-0.3, -0.25) is 0 Å². The van der Waals surface area contributed by atoms with Crippen LogP contribution in [0.15, 0.2) is 0 Å². The predicted molar refractivity (Wildman–Crippen MR) is 77.7 cm³/mol. The Bertz CT molecular complexity index is 381. The third-order valence-electron chi connectivity index (χ3n) is 4.20. The van der Waals surface area contributed by atoms with Gasteiger partial charge in [0.2, 0.25) is 10.0 Å². The lowest BCUT2D eigenvalue weighted by Gasteiger charge is -2.31. The smallest absolute Gasteiger partial charge is 0.211 e. The molecule has 0 aromatic rings. The fourth-order valence-corrected chi connectivity index (χ4v) is 3.70. The van der Waals surface area contributed by atoms with E-state index in [-0.39, 0.29) is 0 Å². The van der Waals surface area contributed by atoms with Crippen LogP contribution in [0, 0.1) is 5.92 Å². The topological polar surface area (TPSA) is 52.6 Å². The zero-order valence-electron chi connectivity index (χ0n) is 12.1. The van der Waals surface area contributed by atoms with Crippen molar-refractivity contribution in [3.05, 3.63) is 0 Å². The molecule has 2 aliphatic rings. The first kappa shape index (κ1) is 15.2. The molecule has 1 heterocycles. The molecule has 0 amide bonds. The molecule has 2 rings (SSSR count). The zero-order chi connectivity index (χ0) is 13.9. The minimum Gasteiger partial charge on any atom is -0.315 e. The first-order valence-corrected chi connectivity index (χ1v) is 9.17. The van der Waals surface area contributed by atoms with E-state index in [0.29, 0.717) is 19.0 Å². The molecule has 1 aliphatic heterocycles. The Morgan fingerprint density at radius 1 is 1.32 bits per heavy atom. The highest BCUT2D eigenvalue weighted by atomic mass is 32.2. The van der Waals surface area contributed by atoms with Gasteiger partial charge in [0.05, 0.1) is 6.26 Å². The molecule has 0 bridgehead atoms. The molecule has 112 valence electrons. The average Bonchev–Trinajstić information content (AvgIpc) is 3.18. The molecule has 5 nitrogen and oxygen atoms in total. The average molecular weight is 289 g/mol. The fourth-order valence-electron chi connectivity index (χ4n) is 2.75. The van der Waals surface area contributed by atoms with Crippen LogP contribution in [0.25, 0.3) is 0 Å². The second-order valence-electron chi connectivity index (χ2n) is 6.05. The van der Waals surface area contributed by atoms with Gasteiger partial charge in [-0.15, -0.1) is 0 Å². The van der Waals surface area contributed by atoms with E-state index in [0.717, 1.165) is 38.5 Å². The van der Waals surface area contributed by atoms with Crippen LogP contribution in [0.5, 0.6) is 0 Å². The molecule has 1 N–H and O–H groups in total. The third-order valence-corrected chi connectivity index (χ3v) is 5.46. The van der Waals surface area contributed by atoms with E-state index in [1.54, 1.807) is 4.31 Å². The highest BCUT2D eigenvalue weighted by Crippen LogP contribution is 2.24. The molecule has 6 heteroatoms. The number of piperidine rings is 1. The van der Waals surface area contributed by atoms with Crippen LogP contribution >= 0.6 is 0 Å². The molecule has 1 unspecified atom stereocenters. The second-order valence-corrected chi connectivity index (χ2v) is 8.03. The Hall–Kier alpha value is -0.170. The summed E-state index contributed by atoms with van der Waals surface area (Å²) < 4.78 is 24.7. The van der Waals surface area contributed by atoms with Gasteiger partial charge in [0.1, 0.15) is 0 Å². The second kappa shape index (κ2) is 6.52. The molecule has 0 aromatic carbocycles. The Morgan fingerprint density at radius 2 is 2.05 bits per heavy atom. The van der Waals surface area contributed by atoms with Crippen molar-refractivity contribution >= 4 is 10.0 Å². The van der Waals surface area contributed by atoms with Crippen molar-refractivity contribution in [2.24, 2.45) is 5.92 Å². The van der Waals surface area contributed by atoms with Crippen LogP contribution < -0.4 is 5.32 Å². The highest BCUT2D eigenvalue weighted by Gasteiger charge is 2.26. The maximum atomic E-state index is 11.5. The molecule has 1 aliphatic carbocycles. The summed E-state index contributed by atoms with van der Waals surface area (Å²) in [5.41, 5.74) is 0. The van der Waals surface area contributed by atoms with Crippen LogP contribution in [0.3, 0.4) is 0 Å². The summed E-state index contributed by atoms with van der Waals surface area (Å²) in [6.45, 7) is 4.41. The standard InChI is InChI=1S/C13H27N3O2S/c1-15(13-5-6-13)9-7-14-10-12-4-3-8-16(11-12)19(2,17)18/h12-14H,3-11H2,1-2H3. The molecule has 2 fully saturated rings. The van der Waals surface area contributed by atoms with Crippen molar-refractivity contribution in [2.45, 2.75) is 31.7 Å². The number of sulfonamides is 1. The SMILES string of the molecule is CN(CCNCC1CCCN(S(C)(=O)=O)C1)C1CC1. The molecule has 0 spiro atoms. The first-order valence-electron chi connectivity index (χ1n) is 7.33. The van der Waals surface area contributed by atoms with Gasteiger partial charge in [0.25, 0.3) is 0 Å². The summed E-state index contributed by atoms with van der Waals surface area (Å²) in [4.78, 5) is 2.41. The third kappa shape index (κ3) is 5.02. The van der Waals surface area contributed by atoms with Gasteiger partial charge in [0.15, 0.2) is 0 Å². The number of likely N-dealkylation sites (N-methyl/N-ethyl adjacent to an activating group) is 1. The number of rotatable bonds is 7. The number of nitrogens with one attached hydrogen (secondary N) is 1. The highest BCUT2D eigenvalue weighted by molar-refractivity contribution is 7.88. The van der Waals surface area contributed by atoms with Gasteiger partial charge in [-0.05, 0) is 45.2 Å². The van der Waals surface area contributed by atoms with Crippen molar-refractivity contribution in [3.8, 4) is 0 Å². The van der Waals surface area contributed by atoms with Crippen molar-refractivity contribution < 1.29 is 8.42 Å². The van der Waals surface area contributed by atoms with E-state index in [1.165, 1.54) is 19.1 Å². The van der Waals surface area contributed by atoms with Gasteiger partial charge in [0, 0.05) is 32.2 Å². The Labute approximate surface area is 117 Å². The van der Waals surface area contributed by atoms with Gasteiger partial charge in [-0.2, -0.15) is 0 Å². The van der Waals surface area contributed by atoms with E-state index >= 15 is 0 Å². The van der Waals surface area contributed by atoms with Gasteiger partial charge in [-0.1, -0.05) is 0 Å². The summed E-state index contributed by atoms with van der Waals surface area (Å²) in [5.74, 6) is 0.467. The van der Waals surface area contributed by atoms with Crippen molar-refractivity contribution in [3.63, 3.8) is 0 Å². The summed E-state index contributed by atoms with van der Waals surface area (Å²) in [7, 11) is -0.823. The summed E-state index contributed by atoms with van der Waals surface area (Å²) in [6, 6.07) is 0.817. The quantitative estimate of drug-likeness (QED) is 0.687. The molecule has 1 saturated heterocycles. The van der Waals surface area contributed by atoms with Crippen LogP contribution in [0.4, 0.5) is 0 Å². The van der Waals surface area contributed by atoms with Crippen molar-refractivity contribution in [1.82, 2.24) is 14.5 Å². The lowest BCUT2D eigenvalue weighted by atomic mass is 10.00. The van der Waals surface area contributed by atoms with Crippen LogP contribution in [0.1, 0.15) is 25.7 Å². The summed E-state index contributed by atoms with van der Waals surface area (Å²) in [6.07, 6.45) is 6.14. The van der Waals surface area contributed by atoms with E-state index in [9.17, 15) is 8.42 Å². The normalized spacial score (nSPS) is 25.9. The van der Waals surface area contributed by atoms with Crippen LogP contribution in [-0.4, -0.2) is 69.7 Å². The van der Waals surface area contributed by atoms with Crippen molar-refractivity contribution in [2.75, 3.05) is 46.0 Å². The van der Waals surface area contributed by atoms with Crippen LogP contribution in [0.2, 0.25) is 0 Å². The molecule has 0 radical (unpaired) electrons. The molecule has 0 aromatic heterocycles. The monoisotopic (exact) mass is 289 g/mol. The Morgan fingerprint density at radius 3 is 2.68 bits per heavy atom. The first-order chi connectivity index (χ1) is 8.97. The molecule has 1 atom stereocenters. The predicted octanol–water partition coefficient (Wildman–Crippen LogP) is 0.342. The Balaban J connectivity index is 1.62. The number of nitrogens with zero attached hydrogens (tertiary/aromatic N) is 2. The van der Waals surface area contributed by atoms with Crippen LogP contribution in [-0.2, 0) is 10.0 Å². The lowest BCUT2D eigenvalue weighted by molar-refractivity contribution is 0.255. The van der Waals surface area contributed by atoms with E-state index < -0.39 is 10.0 Å². The molecule has 1 saturated carbocycles. The molecule has 19 heavy (non-hydrogen) atoms. The largest absolute Gasteiger partial charge is 0.315 e. The van der Waals surface area contributed by atoms with Crippen molar-refractivity contribution in [1.29, 1.82) is 0 Å². The van der Waals surface area contributed by atoms with E-state index in [4.69, 9.17) is 0 Å². The number of hydrogen-bond donors (Lipinski definition) is 1. The summed E-state index contributed by atoms with van der Waals surface area (Å²) >= 11 is 0. The summed E-state index contributed by atoms with van der Waals surface area (Å²) in [5, 5.41) is 3.48. The zero-order valence-corrected chi connectivity index (χ0v) is 13.0. The minimum absolute atomic E-state index is 0.467. The van der Waals surface area contributed by atoms with Gasteiger partial charge < -0.3 is 10.2 Å². The van der Waals surface area contributed by atoms with Gasteiger partial charge in [-0.25, -0.2) is 12.7 Å². The Kier molecular flexibility index (Phi) is 5.22. The maximum Gasteiger partial charge on any atom is 0.211 e. The minimum atomic E-state index is -3.01. The molecular formula is C13H27N3O2S.